The molecule has 2 fully saturated rings. The zero-order valence-corrected chi connectivity index (χ0v) is 8.59. The molecule has 0 spiro atoms. The van der Waals surface area contributed by atoms with Crippen molar-refractivity contribution in [1.82, 2.24) is 0 Å². The minimum Gasteiger partial charge on any atom is -0.461 e. The van der Waals surface area contributed by atoms with Gasteiger partial charge in [-0.3, -0.25) is 4.79 Å². The van der Waals surface area contributed by atoms with E-state index in [0.29, 0.717) is 11.8 Å². The van der Waals surface area contributed by atoms with Crippen LogP contribution in [0.4, 0.5) is 0 Å². The number of ether oxygens (including phenoxy) is 1. The van der Waals surface area contributed by atoms with E-state index in [1.165, 1.54) is 32.6 Å². The maximum Gasteiger partial charge on any atom is 0.302 e. The van der Waals surface area contributed by atoms with Crippen LogP contribution >= 0.6 is 11.6 Å². The lowest BCUT2D eigenvalue weighted by molar-refractivity contribution is -0.162. The van der Waals surface area contributed by atoms with Gasteiger partial charge in [0, 0.05) is 12.8 Å². The van der Waals surface area contributed by atoms with E-state index in [0.717, 1.165) is 0 Å². The molecule has 3 heteroatoms. The number of hydrogen-bond donors (Lipinski definition) is 0. The Morgan fingerprint density at radius 3 is 2.54 bits per heavy atom. The summed E-state index contributed by atoms with van der Waals surface area (Å²) in [5, 5.41) is 0.0780. The smallest absolute Gasteiger partial charge is 0.302 e. The van der Waals surface area contributed by atoms with Gasteiger partial charge in [-0.1, -0.05) is 12.8 Å². The fourth-order valence-corrected chi connectivity index (χ4v) is 3.22. The fourth-order valence-electron chi connectivity index (χ4n) is 2.67. The zero-order valence-electron chi connectivity index (χ0n) is 7.83. The molecule has 0 aromatic carbocycles. The molecule has 0 aliphatic heterocycles. The summed E-state index contributed by atoms with van der Waals surface area (Å²) in [6.07, 6.45) is 4.96. The molecule has 0 aromatic heterocycles. The average molecular weight is 203 g/mol. The molecule has 13 heavy (non-hydrogen) atoms. The van der Waals surface area contributed by atoms with E-state index in [1.54, 1.807) is 0 Å². The quantitative estimate of drug-likeness (QED) is 0.482. The summed E-state index contributed by atoms with van der Waals surface area (Å²) < 4.78 is 5.20. The monoisotopic (exact) mass is 202 g/mol. The van der Waals surface area contributed by atoms with Gasteiger partial charge in [0.05, 0.1) is 5.38 Å². The molecule has 4 atom stereocenters. The highest BCUT2D eigenvalue weighted by molar-refractivity contribution is 6.22. The van der Waals surface area contributed by atoms with Crippen LogP contribution in [0.25, 0.3) is 0 Å². The van der Waals surface area contributed by atoms with Crippen LogP contribution in [0.15, 0.2) is 0 Å². The van der Waals surface area contributed by atoms with Crippen molar-refractivity contribution in [3.8, 4) is 0 Å². The van der Waals surface area contributed by atoms with Gasteiger partial charge in [0.1, 0.15) is 6.10 Å². The molecule has 2 aliphatic carbocycles. The van der Waals surface area contributed by atoms with Crippen molar-refractivity contribution in [2.24, 2.45) is 11.8 Å². The average Bonchev–Trinajstić information content (AvgIpc) is 2.13. The standard InChI is InChI=1S/C10H15ClO2/c1-6(12)13-10-8-5-3-2-4-7(8)9(10)11/h7-10H,2-5H2,1H3/t7-,8+,9?,10?/m1/s1. The lowest BCUT2D eigenvalue weighted by Crippen LogP contribution is -2.55. The Bertz CT molecular complexity index is 217. The molecule has 0 bridgehead atoms. The van der Waals surface area contributed by atoms with Crippen molar-refractivity contribution in [2.75, 3.05) is 0 Å². The number of carbonyl (C=O) groups excluding carboxylic acids is 1. The Balaban J connectivity index is 1.94. The zero-order chi connectivity index (χ0) is 9.42. The van der Waals surface area contributed by atoms with Gasteiger partial charge in [0.2, 0.25) is 0 Å². The fraction of sp³-hybridized carbons (Fsp3) is 0.900. The van der Waals surface area contributed by atoms with Crippen LogP contribution in [0.2, 0.25) is 0 Å². The lowest BCUT2D eigenvalue weighted by atomic mass is 9.63. The Hall–Kier alpha value is -0.240. The Morgan fingerprint density at radius 1 is 1.31 bits per heavy atom. The molecule has 0 amide bonds. The number of fused-ring (bicyclic) bond motifs is 1. The molecule has 0 saturated heterocycles. The van der Waals surface area contributed by atoms with Gasteiger partial charge in [-0.25, -0.2) is 0 Å². The first-order chi connectivity index (χ1) is 6.20. The van der Waals surface area contributed by atoms with Gasteiger partial charge in [-0.2, -0.15) is 0 Å². The molecule has 2 saturated carbocycles. The van der Waals surface area contributed by atoms with Crippen molar-refractivity contribution in [3.63, 3.8) is 0 Å². The molecule has 74 valence electrons. The first kappa shape index (κ1) is 9.32. The van der Waals surface area contributed by atoms with E-state index < -0.39 is 0 Å². The van der Waals surface area contributed by atoms with Crippen LogP contribution in [0.1, 0.15) is 32.6 Å². The molecule has 2 rings (SSSR count). The van der Waals surface area contributed by atoms with Crippen LogP contribution in [0.5, 0.6) is 0 Å². The van der Waals surface area contributed by atoms with E-state index in [-0.39, 0.29) is 17.5 Å². The minimum atomic E-state index is -0.195. The highest BCUT2D eigenvalue weighted by Gasteiger charge is 2.51. The SMILES string of the molecule is CC(=O)OC1C(Cl)[C@@H]2CCCC[C@H]12. The van der Waals surface area contributed by atoms with Crippen LogP contribution in [0.3, 0.4) is 0 Å². The van der Waals surface area contributed by atoms with Crippen LogP contribution in [-0.2, 0) is 9.53 Å². The Kier molecular flexibility index (Phi) is 2.50. The van der Waals surface area contributed by atoms with Crippen molar-refractivity contribution in [3.05, 3.63) is 0 Å². The summed E-state index contributed by atoms with van der Waals surface area (Å²) in [5.41, 5.74) is 0. The third kappa shape index (κ3) is 1.56. The first-order valence-corrected chi connectivity index (χ1v) is 5.45. The summed E-state index contributed by atoms with van der Waals surface area (Å²) in [4.78, 5) is 10.8. The number of carbonyl (C=O) groups is 1. The lowest BCUT2D eigenvalue weighted by Gasteiger charge is -2.50. The van der Waals surface area contributed by atoms with Crippen molar-refractivity contribution < 1.29 is 9.53 Å². The largest absolute Gasteiger partial charge is 0.461 e. The molecule has 0 heterocycles. The molecule has 0 radical (unpaired) electrons. The molecular weight excluding hydrogens is 188 g/mol. The van der Waals surface area contributed by atoms with Gasteiger partial charge in [0.25, 0.3) is 0 Å². The summed E-state index contributed by atoms with van der Waals surface area (Å²) in [6, 6.07) is 0. The number of hydrogen-bond acceptors (Lipinski definition) is 2. The van der Waals surface area contributed by atoms with Crippen LogP contribution < -0.4 is 0 Å². The minimum absolute atomic E-state index is 0.00414. The third-order valence-electron chi connectivity index (χ3n) is 3.32. The molecule has 0 aromatic rings. The number of esters is 1. The number of halogens is 1. The molecule has 2 unspecified atom stereocenters. The van der Waals surface area contributed by atoms with Crippen LogP contribution in [0, 0.1) is 11.8 Å². The van der Waals surface area contributed by atoms with Gasteiger partial charge in [-0.05, 0) is 18.8 Å². The number of rotatable bonds is 1. The summed E-state index contributed by atoms with van der Waals surface area (Å²) in [6.45, 7) is 1.46. The van der Waals surface area contributed by atoms with Gasteiger partial charge in [-0.15, -0.1) is 11.6 Å². The van der Waals surface area contributed by atoms with Gasteiger partial charge < -0.3 is 4.74 Å². The summed E-state index contributed by atoms with van der Waals surface area (Å²) >= 11 is 6.16. The molecular formula is C10H15ClO2. The second-order valence-corrected chi connectivity index (χ2v) is 4.63. The highest BCUT2D eigenvalue weighted by atomic mass is 35.5. The van der Waals surface area contributed by atoms with E-state index in [9.17, 15) is 4.79 Å². The third-order valence-corrected chi connectivity index (χ3v) is 3.89. The van der Waals surface area contributed by atoms with Crippen molar-refractivity contribution in [1.29, 1.82) is 0 Å². The van der Waals surface area contributed by atoms with Crippen molar-refractivity contribution >= 4 is 17.6 Å². The second-order valence-electron chi connectivity index (χ2n) is 4.13. The van der Waals surface area contributed by atoms with E-state index in [2.05, 4.69) is 0 Å². The summed E-state index contributed by atoms with van der Waals surface area (Å²) in [7, 11) is 0. The predicted molar refractivity (Wildman–Crippen MR) is 50.6 cm³/mol. The van der Waals surface area contributed by atoms with Crippen molar-refractivity contribution in [2.45, 2.75) is 44.1 Å². The van der Waals surface area contributed by atoms with E-state index in [4.69, 9.17) is 16.3 Å². The molecule has 0 N–H and O–H groups in total. The van der Waals surface area contributed by atoms with Gasteiger partial charge >= 0.3 is 5.97 Å². The van der Waals surface area contributed by atoms with Crippen LogP contribution in [-0.4, -0.2) is 17.5 Å². The summed E-state index contributed by atoms with van der Waals surface area (Å²) in [5.74, 6) is 0.972. The molecule has 2 aliphatic rings. The predicted octanol–water partition coefficient (Wildman–Crippen LogP) is 2.35. The van der Waals surface area contributed by atoms with E-state index >= 15 is 0 Å². The van der Waals surface area contributed by atoms with E-state index in [1.807, 2.05) is 0 Å². The normalized spacial score (nSPS) is 43.2. The Morgan fingerprint density at radius 2 is 1.92 bits per heavy atom. The second kappa shape index (κ2) is 3.49. The molecule has 2 nitrogen and oxygen atoms in total. The highest BCUT2D eigenvalue weighted by Crippen LogP contribution is 2.49. The maximum absolute atomic E-state index is 10.8. The topological polar surface area (TPSA) is 26.3 Å². The maximum atomic E-state index is 10.8. The Labute approximate surface area is 83.6 Å². The number of alkyl halides is 1. The first-order valence-electron chi connectivity index (χ1n) is 5.01. The van der Waals surface area contributed by atoms with Gasteiger partial charge in [0.15, 0.2) is 0 Å².